The summed E-state index contributed by atoms with van der Waals surface area (Å²) in [6, 6.07) is 15.5. The molecule has 5 nitrogen and oxygen atoms in total. The maximum atomic E-state index is 13.7. The molecule has 2 aromatic carbocycles. The first-order valence-electron chi connectivity index (χ1n) is 10.1. The average Bonchev–Trinajstić information content (AvgIpc) is 3.26. The van der Waals surface area contributed by atoms with E-state index >= 15 is 0 Å². The summed E-state index contributed by atoms with van der Waals surface area (Å²) < 4.78 is 0. The fourth-order valence-electron chi connectivity index (χ4n) is 4.68. The fourth-order valence-corrected chi connectivity index (χ4v) is 4.68. The zero-order valence-electron chi connectivity index (χ0n) is 16.5. The van der Waals surface area contributed by atoms with Gasteiger partial charge in [-0.1, -0.05) is 48.5 Å². The van der Waals surface area contributed by atoms with Gasteiger partial charge in [0.05, 0.1) is 5.92 Å². The molecule has 5 heteroatoms. The van der Waals surface area contributed by atoms with E-state index in [2.05, 4.69) is 12.1 Å². The third-order valence-corrected chi connectivity index (χ3v) is 6.06. The first-order chi connectivity index (χ1) is 13.6. The maximum absolute atomic E-state index is 13.7. The molecule has 1 aliphatic carbocycles. The van der Waals surface area contributed by atoms with Crippen LogP contribution in [-0.4, -0.2) is 53.3 Å². The van der Waals surface area contributed by atoms with Crippen LogP contribution in [0.4, 0.5) is 0 Å². The molecule has 2 aliphatic rings. The second-order valence-corrected chi connectivity index (χ2v) is 7.62. The van der Waals surface area contributed by atoms with Crippen LogP contribution in [0.2, 0.25) is 0 Å². The quantitative estimate of drug-likeness (QED) is 0.891. The van der Waals surface area contributed by atoms with Crippen LogP contribution < -0.4 is 5.73 Å². The SMILES string of the molecule is CCN(CC)C(=O)[C@@H]1C[C@@H](N)CN1C(=O)C1c2ccccc2-c2ccccc21. The Hall–Kier alpha value is -2.66. The molecule has 0 radical (unpaired) electrons. The molecular weight excluding hydrogens is 350 g/mol. The lowest BCUT2D eigenvalue weighted by Crippen LogP contribution is -2.49. The monoisotopic (exact) mass is 377 g/mol. The Balaban J connectivity index is 1.71. The van der Waals surface area contributed by atoms with Gasteiger partial charge in [0, 0.05) is 25.7 Å². The van der Waals surface area contributed by atoms with Crippen LogP contribution >= 0.6 is 0 Å². The zero-order chi connectivity index (χ0) is 19.8. The minimum atomic E-state index is -0.470. The van der Waals surface area contributed by atoms with Crippen LogP contribution in [0.15, 0.2) is 48.5 Å². The first kappa shape index (κ1) is 18.7. The highest BCUT2D eigenvalue weighted by Crippen LogP contribution is 2.45. The molecule has 28 heavy (non-hydrogen) atoms. The number of fused-ring (bicyclic) bond motifs is 3. The van der Waals surface area contributed by atoms with E-state index < -0.39 is 6.04 Å². The largest absolute Gasteiger partial charge is 0.341 e. The van der Waals surface area contributed by atoms with E-state index in [1.807, 2.05) is 50.2 Å². The average molecular weight is 377 g/mol. The van der Waals surface area contributed by atoms with Gasteiger partial charge in [-0.05, 0) is 42.5 Å². The van der Waals surface area contributed by atoms with Crippen LogP contribution in [0.3, 0.4) is 0 Å². The Morgan fingerprint density at radius 2 is 1.54 bits per heavy atom. The molecular formula is C23H27N3O2. The third-order valence-electron chi connectivity index (χ3n) is 6.06. The molecule has 0 aromatic heterocycles. The number of likely N-dealkylation sites (N-methyl/N-ethyl adjacent to an activating group) is 1. The van der Waals surface area contributed by atoms with Crippen molar-refractivity contribution in [3.05, 3.63) is 59.7 Å². The standard InChI is InChI=1S/C23H27N3O2/c1-3-25(4-2)22(27)20-13-15(24)14-26(20)23(28)21-18-11-7-5-9-16(18)17-10-6-8-12-19(17)21/h5-12,15,20-21H,3-4,13-14,24H2,1-2H3/t15-,20+/m1/s1. The molecule has 0 spiro atoms. The summed E-state index contributed by atoms with van der Waals surface area (Å²) in [7, 11) is 0. The molecule has 2 aromatic rings. The van der Waals surface area contributed by atoms with Gasteiger partial charge in [-0.2, -0.15) is 0 Å². The first-order valence-corrected chi connectivity index (χ1v) is 10.1. The number of hydrogen-bond acceptors (Lipinski definition) is 3. The van der Waals surface area contributed by atoms with Gasteiger partial charge < -0.3 is 15.5 Å². The number of likely N-dealkylation sites (tertiary alicyclic amines) is 1. The summed E-state index contributed by atoms with van der Waals surface area (Å²) in [5.74, 6) is -0.383. The molecule has 1 aliphatic heterocycles. The molecule has 0 unspecified atom stereocenters. The molecule has 2 atom stereocenters. The molecule has 1 heterocycles. The van der Waals surface area contributed by atoms with Gasteiger partial charge in [-0.15, -0.1) is 0 Å². The number of rotatable bonds is 4. The van der Waals surface area contributed by atoms with Crippen molar-refractivity contribution < 1.29 is 9.59 Å². The molecule has 1 fully saturated rings. The van der Waals surface area contributed by atoms with Crippen molar-refractivity contribution in [2.45, 2.75) is 38.3 Å². The lowest BCUT2D eigenvalue weighted by molar-refractivity contribution is -0.143. The molecule has 146 valence electrons. The van der Waals surface area contributed by atoms with Gasteiger partial charge in [-0.25, -0.2) is 0 Å². The fraction of sp³-hybridized carbons (Fsp3) is 0.391. The molecule has 0 saturated carbocycles. The van der Waals surface area contributed by atoms with E-state index in [0.717, 1.165) is 22.3 Å². The van der Waals surface area contributed by atoms with Crippen LogP contribution in [0.25, 0.3) is 11.1 Å². The van der Waals surface area contributed by atoms with Gasteiger partial charge in [0.2, 0.25) is 11.8 Å². The van der Waals surface area contributed by atoms with Crippen LogP contribution in [0.1, 0.15) is 37.3 Å². The number of amides is 2. The van der Waals surface area contributed by atoms with E-state index in [1.54, 1.807) is 9.80 Å². The van der Waals surface area contributed by atoms with Crippen molar-refractivity contribution in [3.63, 3.8) is 0 Å². The van der Waals surface area contributed by atoms with E-state index in [4.69, 9.17) is 5.73 Å². The van der Waals surface area contributed by atoms with Crippen LogP contribution in [-0.2, 0) is 9.59 Å². The molecule has 0 bridgehead atoms. The highest BCUT2D eigenvalue weighted by molar-refractivity contribution is 5.98. The second kappa shape index (κ2) is 7.40. The van der Waals surface area contributed by atoms with Gasteiger partial charge in [0.25, 0.3) is 0 Å². The zero-order valence-corrected chi connectivity index (χ0v) is 16.5. The Kier molecular flexibility index (Phi) is 4.94. The number of benzene rings is 2. The molecule has 2 amide bonds. The van der Waals surface area contributed by atoms with Crippen molar-refractivity contribution in [1.29, 1.82) is 0 Å². The minimum absolute atomic E-state index is 0.00543. The van der Waals surface area contributed by atoms with Crippen molar-refractivity contribution in [2.24, 2.45) is 5.73 Å². The highest BCUT2D eigenvalue weighted by atomic mass is 16.2. The summed E-state index contributed by atoms with van der Waals surface area (Å²) >= 11 is 0. The van der Waals surface area contributed by atoms with Gasteiger partial charge in [0.15, 0.2) is 0 Å². The summed E-state index contributed by atoms with van der Waals surface area (Å²) in [4.78, 5) is 30.3. The van der Waals surface area contributed by atoms with Crippen molar-refractivity contribution in [2.75, 3.05) is 19.6 Å². The smallest absolute Gasteiger partial charge is 0.245 e. The predicted octanol–water partition coefficient (Wildman–Crippen LogP) is 2.60. The topological polar surface area (TPSA) is 66.6 Å². The second-order valence-electron chi connectivity index (χ2n) is 7.62. The van der Waals surface area contributed by atoms with Crippen LogP contribution in [0.5, 0.6) is 0 Å². The number of carbonyl (C=O) groups excluding carboxylic acids is 2. The lowest BCUT2D eigenvalue weighted by Gasteiger charge is -2.31. The van der Waals surface area contributed by atoms with Crippen molar-refractivity contribution in [1.82, 2.24) is 9.80 Å². The Bertz CT molecular complexity index is 861. The molecule has 2 N–H and O–H groups in total. The predicted molar refractivity (Wildman–Crippen MR) is 110 cm³/mol. The normalized spacial score (nSPS) is 20.8. The Labute approximate surface area is 166 Å². The van der Waals surface area contributed by atoms with Crippen molar-refractivity contribution >= 4 is 11.8 Å². The van der Waals surface area contributed by atoms with Crippen molar-refractivity contribution in [3.8, 4) is 11.1 Å². The third kappa shape index (κ3) is 2.90. The Morgan fingerprint density at radius 1 is 1.00 bits per heavy atom. The van der Waals surface area contributed by atoms with E-state index in [-0.39, 0.29) is 23.8 Å². The number of nitrogens with two attached hydrogens (primary N) is 1. The number of nitrogens with zero attached hydrogens (tertiary/aromatic N) is 2. The number of hydrogen-bond donors (Lipinski definition) is 1. The van der Waals surface area contributed by atoms with E-state index in [1.165, 1.54) is 0 Å². The maximum Gasteiger partial charge on any atom is 0.245 e. The van der Waals surface area contributed by atoms with Crippen LogP contribution in [0, 0.1) is 0 Å². The van der Waals surface area contributed by atoms with E-state index in [0.29, 0.717) is 26.1 Å². The van der Waals surface area contributed by atoms with Gasteiger partial charge in [0.1, 0.15) is 6.04 Å². The molecule has 1 saturated heterocycles. The van der Waals surface area contributed by atoms with E-state index in [9.17, 15) is 9.59 Å². The summed E-state index contributed by atoms with van der Waals surface area (Å²) in [6.07, 6.45) is 0.525. The summed E-state index contributed by atoms with van der Waals surface area (Å²) in [5, 5.41) is 0. The minimum Gasteiger partial charge on any atom is -0.341 e. The molecule has 4 rings (SSSR count). The van der Waals surface area contributed by atoms with Gasteiger partial charge in [-0.3, -0.25) is 9.59 Å². The summed E-state index contributed by atoms with van der Waals surface area (Å²) in [5.41, 5.74) is 10.4. The number of carbonyl (C=O) groups is 2. The lowest BCUT2D eigenvalue weighted by atomic mass is 9.95. The van der Waals surface area contributed by atoms with Gasteiger partial charge >= 0.3 is 0 Å². The highest BCUT2D eigenvalue weighted by Gasteiger charge is 2.44. The Morgan fingerprint density at radius 3 is 2.07 bits per heavy atom. The summed E-state index contributed by atoms with van der Waals surface area (Å²) in [6.45, 7) is 5.63.